The Kier molecular flexibility index (Phi) is 4.99. The van der Waals surface area contributed by atoms with Crippen LogP contribution in [-0.2, 0) is 4.79 Å². The van der Waals surface area contributed by atoms with Crippen LogP contribution < -0.4 is 11.1 Å². The van der Waals surface area contributed by atoms with E-state index in [0.29, 0.717) is 31.2 Å². The lowest BCUT2D eigenvalue weighted by molar-refractivity contribution is -0.122. The van der Waals surface area contributed by atoms with Crippen molar-refractivity contribution in [2.24, 2.45) is 11.7 Å². The summed E-state index contributed by atoms with van der Waals surface area (Å²) in [6.45, 7) is 0. The molecular formula is C11H20ClFN2O. The number of nitrogens with one attached hydrogen (secondary N) is 1. The summed E-state index contributed by atoms with van der Waals surface area (Å²) in [5.74, 6) is 0.250. The first-order valence-electron chi connectivity index (χ1n) is 5.85. The Hall–Kier alpha value is -0.350. The van der Waals surface area contributed by atoms with Crippen molar-refractivity contribution in [3.05, 3.63) is 0 Å². The summed E-state index contributed by atoms with van der Waals surface area (Å²) in [7, 11) is 0. The van der Waals surface area contributed by atoms with Gasteiger partial charge in [0.05, 0.1) is 6.04 Å². The molecule has 2 rings (SSSR count). The molecule has 0 radical (unpaired) electrons. The number of carbonyl (C=O) groups excluding carboxylic acids is 1. The average molecular weight is 251 g/mol. The summed E-state index contributed by atoms with van der Waals surface area (Å²) >= 11 is 0. The molecule has 2 aliphatic rings. The second-order valence-electron chi connectivity index (χ2n) is 4.90. The lowest BCUT2D eigenvalue weighted by atomic mass is 9.98. The van der Waals surface area contributed by atoms with Gasteiger partial charge in [0.25, 0.3) is 0 Å². The second kappa shape index (κ2) is 5.82. The van der Waals surface area contributed by atoms with E-state index in [0.717, 1.165) is 19.3 Å². The van der Waals surface area contributed by atoms with Gasteiger partial charge < -0.3 is 11.1 Å². The fraction of sp³-hybridized carbons (Fsp3) is 0.909. The van der Waals surface area contributed by atoms with Crippen LogP contribution in [0.1, 0.15) is 38.5 Å². The van der Waals surface area contributed by atoms with Crippen molar-refractivity contribution in [3.63, 3.8) is 0 Å². The van der Waals surface area contributed by atoms with Gasteiger partial charge in [-0.2, -0.15) is 0 Å². The molecule has 3 unspecified atom stereocenters. The van der Waals surface area contributed by atoms with Gasteiger partial charge in [0, 0.05) is 6.04 Å². The van der Waals surface area contributed by atoms with Gasteiger partial charge >= 0.3 is 0 Å². The zero-order chi connectivity index (χ0) is 10.8. The zero-order valence-electron chi connectivity index (χ0n) is 9.32. The number of rotatable bonds is 4. The lowest BCUT2D eigenvalue weighted by Gasteiger charge is -2.15. The molecule has 0 bridgehead atoms. The minimum absolute atomic E-state index is 0. The molecule has 3 N–H and O–H groups in total. The van der Waals surface area contributed by atoms with Gasteiger partial charge in [-0.3, -0.25) is 4.79 Å². The van der Waals surface area contributed by atoms with Crippen LogP contribution in [0.4, 0.5) is 4.39 Å². The molecule has 2 fully saturated rings. The second-order valence-corrected chi connectivity index (χ2v) is 4.90. The fourth-order valence-electron chi connectivity index (χ4n) is 2.23. The quantitative estimate of drug-likeness (QED) is 0.795. The lowest BCUT2D eigenvalue weighted by Crippen LogP contribution is -2.42. The Balaban J connectivity index is 0.00000128. The largest absolute Gasteiger partial charge is 0.352 e. The third-order valence-corrected chi connectivity index (χ3v) is 3.33. The molecule has 0 aromatic rings. The van der Waals surface area contributed by atoms with E-state index in [1.807, 2.05) is 0 Å². The maximum Gasteiger partial charge on any atom is 0.237 e. The number of alkyl halides is 1. The van der Waals surface area contributed by atoms with Crippen LogP contribution in [0.5, 0.6) is 0 Å². The number of nitrogens with two attached hydrogens (primary N) is 1. The Morgan fingerprint density at radius 2 is 2.06 bits per heavy atom. The molecule has 2 saturated carbocycles. The predicted molar refractivity (Wildman–Crippen MR) is 63.2 cm³/mol. The molecule has 0 aromatic heterocycles. The van der Waals surface area contributed by atoms with Crippen LogP contribution in [0.2, 0.25) is 0 Å². The first-order valence-corrected chi connectivity index (χ1v) is 5.85. The van der Waals surface area contributed by atoms with E-state index in [9.17, 15) is 9.18 Å². The molecule has 0 spiro atoms. The molecular weight excluding hydrogens is 231 g/mol. The highest BCUT2D eigenvalue weighted by atomic mass is 35.5. The van der Waals surface area contributed by atoms with Gasteiger partial charge in [-0.1, -0.05) is 0 Å². The number of hydrogen-bond donors (Lipinski definition) is 2. The van der Waals surface area contributed by atoms with Gasteiger partial charge in [0.1, 0.15) is 6.17 Å². The first-order chi connectivity index (χ1) is 7.15. The van der Waals surface area contributed by atoms with E-state index in [1.165, 1.54) is 0 Å². The summed E-state index contributed by atoms with van der Waals surface area (Å²) in [6.07, 6.45) is 4.23. The Morgan fingerprint density at radius 1 is 1.38 bits per heavy atom. The summed E-state index contributed by atoms with van der Waals surface area (Å²) in [5, 5.41) is 2.88. The van der Waals surface area contributed by atoms with Crippen molar-refractivity contribution < 1.29 is 9.18 Å². The summed E-state index contributed by atoms with van der Waals surface area (Å²) in [6, 6.07) is -0.0815. The van der Waals surface area contributed by atoms with E-state index in [-0.39, 0.29) is 18.3 Å². The van der Waals surface area contributed by atoms with E-state index in [1.54, 1.807) is 0 Å². The molecule has 3 nitrogen and oxygen atoms in total. The minimum atomic E-state index is -0.673. The average Bonchev–Trinajstić information content (AvgIpc) is 2.90. The molecule has 94 valence electrons. The number of amides is 1. The number of carbonyl (C=O) groups is 1. The molecule has 2 aliphatic carbocycles. The van der Waals surface area contributed by atoms with Crippen LogP contribution in [-0.4, -0.2) is 24.2 Å². The van der Waals surface area contributed by atoms with E-state index in [4.69, 9.17) is 5.73 Å². The van der Waals surface area contributed by atoms with Gasteiger partial charge in [0.15, 0.2) is 0 Å². The minimum Gasteiger partial charge on any atom is -0.352 e. The zero-order valence-corrected chi connectivity index (χ0v) is 10.1. The highest BCUT2D eigenvalue weighted by Gasteiger charge is 2.30. The van der Waals surface area contributed by atoms with Crippen LogP contribution in [0.15, 0.2) is 0 Å². The smallest absolute Gasteiger partial charge is 0.237 e. The van der Waals surface area contributed by atoms with Gasteiger partial charge in [-0.05, 0) is 44.4 Å². The van der Waals surface area contributed by atoms with E-state index in [2.05, 4.69) is 5.32 Å². The topological polar surface area (TPSA) is 55.1 Å². The maximum atomic E-state index is 12.9. The van der Waals surface area contributed by atoms with Crippen molar-refractivity contribution in [2.75, 3.05) is 0 Å². The van der Waals surface area contributed by atoms with Crippen molar-refractivity contribution in [1.82, 2.24) is 5.32 Å². The van der Waals surface area contributed by atoms with Crippen molar-refractivity contribution in [3.8, 4) is 0 Å². The van der Waals surface area contributed by atoms with Crippen molar-refractivity contribution in [1.29, 1.82) is 0 Å². The van der Waals surface area contributed by atoms with E-state index < -0.39 is 12.2 Å². The Bertz CT molecular complexity index is 248. The molecule has 0 heterocycles. The predicted octanol–water partition coefficient (Wildman–Crippen LogP) is 1.54. The van der Waals surface area contributed by atoms with Gasteiger partial charge in [0.2, 0.25) is 5.91 Å². The number of hydrogen-bond acceptors (Lipinski definition) is 2. The maximum absolute atomic E-state index is 12.9. The normalized spacial score (nSPS) is 30.6. The molecule has 3 atom stereocenters. The summed E-state index contributed by atoms with van der Waals surface area (Å²) in [5.41, 5.74) is 5.78. The standard InChI is InChI=1S/C11H19FN2O.ClH/c12-8-2-1-7(5-8)6-10(13)11(15)14-9-3-4-9;/h7-10H,1-6,13H2,(H,14,15);1H. The molecule has 0 aromatic carbocycles. The molecule has 0 aliphatic heterocycles. The molecule has 5 heteroatoms. The van der Waals surface area contributed by atoms with Crippen molar-refractivity contribution in [2.45, 2.75) is 56.8 Å². The van der Waals surface area contributed by atoms with Crippen LogP contribution in [0.3, 0.4) is 0 Å². The fourth-order valence-corrected chi connectivity index (χ4v) is 2.23. The highest BCUT2D eigenvalue weighted by Crippen LogP contribution is 2.31. The van der Waals surface area contributed by atoms with Crippen LogP contribution in [0.25, 0.3) is 0 Å². The third kappa shape index (κ3) is 3.91. The highest BCUT2D eigenvalue weighted by molar-refractivity contribution is 5.85. The third-order valence-electron chi connectivity index (χ3n) is 3.33. The number of halogens is 2. The first kappa shape index (κ1) is 13.7. The SMILES string of the molecule is Cl.NC(CC1CCC(F)C1)C(=O)NC1CC1. The summed E-state index contributed by atoms with van der Waals surface area (Å²) < 4.78 is 12.9. The molecule has 16 heavy (non-hydrogen) atoms. The Morgan fingerprint density at radius 3 is 2.56 bits per heavy atom. The van der Waals surface area contributed by atoms with Crippen LogP contribution >= 0.6 is 12.4 Å². The summed E-state index contributed by atoms with van der Waals surface area (Å²) in [4.78, 5) is 11.5. The van der Waals surface area contributed by atoms with Crippen LogP contribution in [0, 0.1) is 5.92 Å². The monoisotopic (exact) mass is 250 g/mol. The molecule has 1 amide bonds. The van der Waals surface area contributed by atoms with Gasteiger partial charge in [-0.15, -0.1) is 12.4 Å². The van der Waals surface area contributed by atoms with Crippen molar-refractivity contribution >= 4 is 18.3 Å². The van der Waals surface area contributed by atoms with Gasteiger partial charge in [-0.25, -0.2) is 4.39 Å². The molecule has 0 saturated heterocycles. The van der Waals surface area contributed by atoms with E-state index >= 15 is 0 Å². The Labute approximate surface area is 102 Å².